The molecule has 0 aliphatic heterocycles. The average Bonchev–Trinajstić information content (AvgIpc) is 2.78. The van der Waals surface area contributed by atoms with Gasteiger partial charge in [0.05, 0.1) is 6.04 Å². The average molecular weight is 264 g/mol. The van der Waals surface area contributed by atoms with Gasteiger partial charge in [0, 0.05) is 24.5 Å². The predicted molar refractivity (Wildman–Crippen MR) is 74.8 cm³/mol. The summed E-state index contributed by atoms with van der Waals surface area (Å²) in [6.07, 6.45) is 4.88. The summed E-state index contributed by atoms with van der Waals surface area (Å²) in [6, 6.07) is 8.04. The summed E-state index contributed by atoms with van der Waals surface area (Å²) in [7, 11) is 2.01. The van der Waals surface area contributed by atoms with Crippen LogP contribution in [0.4, 0.5) is 0 Å². The molecular formula is C14H18ClN3. The molecule has 0 bridgehead atoms. The highest BCUT2D eigenvalue weighted by atomic mass is 35.5. The van der Waals surface area contributed by atoms with Crippen LogP contribution in [-0.2, 0) is 7.05 Å². The number of imidazole rings is 1. The van der Waals surface area contributed by atoms with Crippen LogP contribution >= 0.6 is 11.6 Å². The van der Waals surface area contributed by atoms with Crippen LogP contribution in [-0.4, -0.2) is 16.1 Å². The van der Waals surface area contributed by atoms with Gasteiger partial charge >= 0.3 is 0 Å². The van der Waals surface area contributed by atoms with Gasteiger partial charge in [-0.2, -0.15) is 0 Å². The summed E-state index contributed by atoms with van der Waals surface area (Å²) in [5.74, 6) is 1.02. The number of rotatable bonds is 5. The number of nitrogens with zero attached hydrogens (tertiary/aromatic N) is 2. The first-order valence-corrected chi connectivity index (χ1v) is 6.56. The van der Waals surface area contributed by atoms with E-state index in [1.54, 1.807) is 0 Å². The lowest BCUT2D eigenvalue weighted by Crippen LogP contribution is -2.25. The van der Waals surface area contributed by atoms with Gasteiger partial charge in [0.2, 0.25) is 0 Å². The van der Waals surface area contributed by atoms with Gasteiger partial charge < -0.3 is 9.88 Å². The van der Waals surface area contributed by atoms with Crippen molar-refractivity contribution in [2.45, 2.75) is 19.4 Å². The molecule has 3 nitrogen and oxygen atoms in total. The van der Waals surface area contributed by atoms with Crippen LogP contribution in [0.2, 0.25) is 5.02 Å². The molecule has 0 radical (unpaired) electrons. The highest BCUT2D eigenvalue weighted by Gasteiger charge is 2.17. The second kappa shape index (κ2) is 6.03. The predicted octanol–water partition coefficient (Wildman–Crippen LogP) is 3.16. The summed E-state index contributed by atoms with van der Waals surface area (Å²) in [4.78, 5) is 4.44. The molecular weight excluding hydrogens is 246 g/mol. The Labute approximate surface area is 113 Å². The number of aromatic nitrogens is 2. The van der Waals surface area contributed by atoms with E-state index in [2.05, 4.69) is 17.2 Å². The fourth-order valence-electron chi connectivity index (χ4n) is 1.96. The Balaban J connectivity index is 2.30. The van der Waals surface area contributed by atoms with Gasteiger partial charge in [-0.3, -0.25) is 0 Å². The molecule has 1 aromatic carbocycles. The molecule has 0 saturated heterocycles. The molecule has 1 heterocycles. The largest absolute Gasteiger partial charge is 0.336 e. The molecule has 1 aromatic heterocycles. The zero-order valence-electron chi connectivity index (χ0n) is 10.7. The van der Waals surface area contributed by atoms with Gasteiger partial charge in [-0.25, -0.2) is 4.98 Å². The van der Waals surface area contributed by atoms with Crippen LogP contribution in [0.25, 0.3) is 0 Å². The number of aryl methyl sites for hydroxylation is 1. The maximum atomic E-state index is 5.94. The van der Waals surface area contributed by atoms with Gasteiger partial charge in [-0.05, 0) is 30.7 Å². The Hall–Kier alpha value is -1.32. The molecule has 96 valence electrons. The molecule has 1 atom stereocenters. The first-order valence-electron chi connectivity index (χ1n) is 6.18. The maximum Gasteiger partial charge on any atom is 0.130 e. The van der Waals surface area contributed by atoms with E-state index >= 15 is 0 Å². The van der Waals surface area contributed by atoms with E-state index < -0.39 is 0 Å². The maximum absolute atomic E-state index is 5.94. The van der Waals surface area contributed by atoms with E-state index in [1.807, 2.05) is 48.3 Å². The Morgan fingerprint density at radius 2 is 2.06 bits per heavy atom. The highest BCUT2D eigenvalue weighted by Crippen LogP contribution is 2.22. The van der Waals surface area contributed by atoms with Crippen molar-refractivity contribution >= 4 is 11.6 Å². The van der Waals surface area contributed by atoms with Crippen LogP contribution in [0.15, 0.2) is 36.7 Å². The molecule has 2 aromatic rings. The molecule has 0 amide bonds. The number of nitrogens with one attached hydrogen (secondary N) is 1. The lowest BCUT2D eigenvalue weighted by Gasteiger charge is -2.18. The van der Waals surface area contributed by atoms with Crippen molar-refractivity contribution in [3.8, 4) is 0 Å². The van der Waals surface area contributed by atoms with Crippen molar-refractivity contribution in [2.24, 2.45) is 7.05 Å². The van der Waals surface area contributed by atoms with Crippen molar-refractivity contribution in [3.63, 3.8) is 0 Å². The number of hydrogen-bond acceptors (Lipinski definition) is 2. The topological polar surface area (TPSA) is 29.9 Å². The van der Waals surface area contributed by atoms with Gasteiger partial charge in [0.25, 0.3) is 0 Å². The SMILES string of the molecule is CCCNC(c1ccc(Cl)cc1)c1nccn1C. The van der Waals surface area contributed by atoms with Crippen molar-refractivity contribution < 1.29 is 0 Å². The Kier molecular flexibility index (Phi) is 4.39. The Morgan fingerprint density at radius 1 is 1.33 bits per heavy atom. The van der Waals surface area contributed by atoms with Crippen molar-refractivity contribution in [3.05, 3.63) is 53.1 Å². The highest BCUT2D eigenvalue weighted by molar-refractivity contribution is 6.30. The fraction of sp³-hybridized carbons (Fsp3) is 0.357. The van der Waals surface area contributed by atoms with Crippen LogP contribution in [0, 0.1) is 0 Å². The molecule has 0 spiro atoms. The molecule has 0 aliphatic carbocycles. The van der Waals surface area contributed by atoms with Crippen molar-refractivity contribution in [1.82, 2.24) is 14.9 Å². The van der Waals surface area contributed by atoms with Gasteiger partial charge in [-0.1, -0.05) is 30.7 Å². The first kappa shape index (κ1) is 13.1. The lowest BCUT2D eigenvalue weighted by atomic mass is 10.1. The Morgan fingerprint density at radius 3 is 2.61 bits per heavy atom. The van der Waals surface area contributed by atoms with Crippen LogP contribution in [0.3, 0.4) is 0 Å². The molecule has 18 heavy (non-hydrogen) atoms. The van der Waals surface area contributed by atoms with E-state index in [9.17, 15) is 0 Å². The minimum atomic E-state index is 0.113. The van der Waals surface area contributed by atoms with E-state index in [0.29, 0.717) is 0 Å². The quantitative estimate of drug-likeness (QED) is 0.898. The Bertz CT molecular complexity index is 490. The van der Waals surface area contributed by atoms with Gasteiger partial charge in [-0.15, -0.1) is 0 Å². The fourth-order valence-corrected chi connectivity index (χ4v) is 2.08. The monoisotopic (exact) mass is 263 g/mol. The van der Waals surface area contributed by atoms with E-state index in [0.717, 1.165) is 23.8 Å². The van der Waals surface area contributed by atoms with Gasteiger partial charge in [0.1, 0.15) is 5.82 Å². The number of halogens is 1. The summed E-state index contributed by atoms with van der Waals surface area (Å²) in [5, 5.41) is 4.28. The summed E-state index contributed by atoms with van der Waals surface area (Å²) < 4.78 is 2.04. The second-order valence-corrected chi connectivity index (χ2v) is 4.77. The zero-order valence-corrected chi connectivity index (χ0v) is 11.5. The number of hydrogen-bond donors (Lipinski definition) is 1. The summed E-state index contributed by atoms with van der Waals surface area (Å²) in [6.45, 7) is 3.12. The van der Waals surface area contributed by atoms with Crippen LogP contribution < -0.4 is 5.32 Å². The normalized spacial score (nSPS) is 12.6. The van der Waals surface area contributed by atoms with Crippen LogP contribution in [0.5, 0.6) is 0 Å². The van der Waals surface area contributed by atoms with Gasteiger partial charge in [0.15, 0.2) is 0 Å². The third-order valence-electron chi connectivity index (χ3n) is 2.92. The minimum absolute atomic E-state index is 0.113. The molecule has 1 N–H and O–H groups in total. The third kappa shape index (κ3) is 2.92. The first-order chi connectivity index (χ1) is 8.72. The number of benzene rings is 1. The third-order valence-corrected chi connectivity index (χ3v) is 3.17. The van der Waals surface area contributed by atoms with E-state index in [1.165, 1.54) is 5.56 Å². The molecule has 4 heteroatoms. The zero-order chi connectivity index (χ0) is 13.0. The summed E-state index contributed by atoms with van der Waals surface area (Å²) >= 11 is 5.94. The standard InChI is InChI=1S/C14H18ClN3/c1-3-8-16-13(14-17-9-10-18(14)2)11-4-6-12(15)7-5-11/h4-7,9-10,13,16H,3,8H2,1-2H3. The molecule has 0 fully saturated rings. The van der Waals surface area contributed by atoms with Crippen molar-refractivity contribution in [1.29, 1.82) is 0 Å². The molecule has 0 aliphatic rings. The molecule has 2 rings (SSSR count). The lowest BCUT2D eigenvalue weighted by molar-refractivity contribution is 0.555. The molecule has 0 saturated carbocycles. The molecule has 1 unspecified atom stereocenters. The van der Waals surface area contributed by atoms with E-state index in [4.69, 9.17) is 11.6 Å². The second-order valence-electron chi connectivity index (χ2n) is 4.34. The van der Waals surface area contributed by atoms with E-state index in [-0.39, 0.29) is 6.04 Å². The van der Waals surface area contributed by atoms with Crippen LogP contribution in [0.1, 0.15) is 30.8 Å². The van der Waals surface area contributed by atoms with Crippen molar-refractivity contribution in [2.75, 3.05) is 6.54 Å². The smallest absolute Gasteiger partial charge is 0.130 e. The summed E-state index contributed by atoms with van der Waals surface area (Å²) in [5.41, 5.74) is 1.18. The minimum Gasteiger partial charge on any atom is -0.336 e.